The molecule has 2 nitrogen and oxygen atoms in total. The number of hydrogen-bond acceptors (Lipinski definition) is 2. The van der Waals surface area contributed by atoms with E-state index in [1.165, 1.54) is 0 Å². The topological polar surface area (TPSA) is 23.5 Å². The number of aromatic hydroxyl groups is 1. The second kappa shape index (κ2) is 6.80. The molecule has 0 unspecified atom stereocenters. The summed E-state index contributed by atoms with van der Waals surface area (Å²) in [6, 6.07) is 13.7. The van der Waals surface area contributed by atoms with Gasteiger partial charge in [-0.05, 0) is 31.3 Å². The predicted octanol–water partition coefficient (Wildman–Crippen LogP) is 4.20. The van der Waals surface area contributed by atoms with Crippen LogP contribution >= 0.6 is 24.0 Å². The summed E-state index contributed by atoms with van der Waals surface area (Å²) in [5.41, 5.74) is 2.96. The first-order valence-corrected chi connectivity index (χ1v) is 6.18. The molecule has 2 aromatic carbocycles. The van der Waals surface area contributed by atoms with E-state index in [1.54, 1.807) is 6.07 Å². The fourth-order valence-electron chi connectivity index (χ4n) is 1.97. The number of hydrogen-bond donors (Lipinski definition) is 1. The van der Waals surface area contributed by atoms with Gasteiger partial charge in [-0.25, -0.2) is 0 Å². The molecule has 0 amide bonds. The molecule has 0 radical (unpaired) electrons. The lowest BCUT2D eigenvalue weighted by Gasteiger charge is -2.16. The molecule has 0 saturated carbocycles. The van der Waals surface area contributed by atoms with Gasteiger partial charge < -0.3 is 10.0 Å². The molecule has 102 valence electrons. The largest absolute Gasteiger partial charge is 0.506 e. The summed E-state index contributed by atoms with van der Waals surface area (Å²) in [4.78, 5) is 2.01. The van der Waals surface area contributed by atoms with E-state index >= 15 is 0 Å². The quantitative estimate of drug-likeness (QED) is 0.918. The van der Waals surface area contributed by atoms with Crippen LogP contribution in [-0.4, -0.2) is 24.1 Å². The average molecular weight is 298 g/mol. The SMILES string of the molecule is CN(C)Cc1c(-c2ccccc2)ccc(Cl)c1O.Cl. The first-order chi connectivity index (χ1) is 8.59. The highest BCUT2D eigenvalue weighted by Gasteiger charge is 2.13. The Bertz CT molecular complexity index is 541. The molecule has 19 heavy (non-hydrogen) atoms. The number of benzene rings is 2. The average Bonchev–Trinajstić information content (AvgIpc) is 2.36. The zero-order valence-electron chi connectivity index (χ0n) is 10.9. The minimum absolute atomic E-state index is 0. The van der Waals surface area contributed by atoms with Crippen molar-refractivity contribution >= 4 is 24.0 Å². The van der Waals surface area contributed by atoms with E-state index in [2.05, 4.69) is 0 Å². The van der Waals surface area contributed by atoms with E-state index in [9.17, 15) is 5.11 Å². The summed E-state index contributed by atoms with van der Waals surface area (Å²) in [7, 11) is 3.93. The Labute approximate surface area is 125 Å². The number of phenolic OH excluding ortho intramolecular Hbond substituents is 1. The third-order valence-corrected chi connectivity index (χ3v) is 3.10. The molecule has 4 heteroatoms. The fourth-order valence-corrected chi connectivity index (χ4v) is 2.15. The van der Waals surface area contributed by atoms with E-state index in [0.717, 1.165) is 16.7 Å². The van der Waals surface area contributed by atoms with Crippen molar-refractivity contribution in [3.63, 3.8) is 0 Å². The van der Waals surface area contributed by atoms with Gasteiger partial charge in [0, 0.05) is 12.1 Å². The standard InChI is InChI=1S/C15H16ClNO.ClH/c1-17(2)10-13-12(8-9-14(16)15(13)18)11-6-4-3-5-7-11;/h3-9,18H,10H2,1-2H3;1H. The molecule has 2 rings (SSSR count). The third kappa shape index (κ3) is 3.63. The van der Waals surface area contributed by atoms with Crippen LogP contribution in [0.3, 0.4) is 0 Å². The first-order valence-electron chi connectivity index (χ1n) is 5.80. The number of nitrogens with zero attached hydrogens (tertiary/aromatic N) is 1. The molecule has 0 saturated heterocycles. The fraction of sp³-hybridized carbons (Fsp3) is 0.200. The lowest BCUT2D eigenvalue weighted by molar-refractivity contribution is 0.386. The molecule has 0 heterocycles. The van der Waals surface area contributed by atoms with Gasteiger partial charge in [0.2, 0.25) is 0 Å². The van der Waals surface area contributed by atoms with E-state index in [4.69, 9.17) is 11.6 Å². The normalized spacial score (nSPS) is 10.3. The van der Waals surface area contributed by atoms with Crippen LogP contribution in [0.4, 0.5) is 0 Å². The lowest BCUT2D eigenvalue weighted by atomic mass is 9.98. The monoisotopic (exact) mass is 297 g/mol. The predicted molar refractivity (Wildman–Crippen MR) is 83.2 cm³/mol. The molecule has 0 aromatic heterocycles. The summed E-state index contributed by atoms with van der Waals surface area (Å²) in [6.07, 6.45) is 0. The van der Waals surface area contributed by atoms with Crippen LogP contribution in [0, 0.1) is 0 Å². The highest BCUT2D eigenvalue weighted by molar-refractivity contribution is 6.32. The Balaban J connectivity index is 0.00000180. The van der Waals surface area contributed by atoms with Gasteiger partial charge >= 0.3 is 0 Å². The minimum atomic E-state index is 0. The molecule has 0 atom stereocenters. The second-order valence-electron chi connectivity index (χ2n) is 4.53. The van der Waals surface area contributed by atoms with Gasteiger partial charge in [-0.2, -0.15) is 0 Å². The van der Waals surface area contributed by atoms with Gasteiger partial charge in [-0.3, -0.25) is 0 Å². The van der Waals surface area contributed by atoms with Crippen LogP contribution in [0.1, 0.15) is 5.56 Å². The van der Waals surface area contributed by atoms with E-state index in [0.29, 0.717) is 11.6 Å². The Kier molecular flexibility index (Phi) is 5.67. The highest BCUT2D eigenvalue weighted by Crippen LogP contribution is 2.36. The van der Waals surface area contributed by atoms with Crippen molar-refractivity contribution in [2.45, 2.75) is 6.54 Å². The Hall–Kier alpha value is -1.22. The number of phenols is 1. The maximum absolute atomic E-state index is 10.1. The maximum atomic E-state index is 10.1. The lowest BCUT2D eigenvalue weighted by Crippen LogP contribution is -2.11. The number of rotatable bonds is 3. The highest BCUT2D eigenvalue weighted by atomic mass is 35.5. The van der Waals surface area contributed by atoms with Crippen LogP contribution < -0.4 is 0 Å². The van der Waals surface area contributed by atoms with E-state index < -0.39 is 0 Å². The molecule has 1 N–H and O–H groups in total. The van der Waals surface area contributed by atoms with Crippen molar-refractivity contribution in [1.82, 2.24) is 4.90 Å². The summed E-state index contributed by atoms with van der Waals surface area (Å²) < 4.78 is 0. The molecule has 0 aliphatic rings. The van der Waals surface area contributed by atoms with Crippen LogP contribution in [0.15, 0.2) is 42.5 Å². The summed E-state index contributed by atoms with van der Waals surface area (Å²) in [5, 5.41) is 10.5. The molecule has 0 aliphatic heterocycles. The van der Waals surface area contributed by atoms with Gasteiger partial charge in [0.05, 0.1) is 5.02 Å². The van der Waals surface area contributed by atoms with Gasteiger partial charge in [-0.15, -0.1) is 12.4 Å². The first kappa shape index (κ1) is 15.8. The molecular formula is C15H17Cl2NO. The zero-order valence-corrected chi connectivity index (χ0v) is 12.5. The number of halogens is 2. The zero-order chi connectivity index (χ0) is 13.1. The van der Waals surface area contributed by atoms with Gasteiger partial charge in [-0.1, -0.05) is 48.0 Å². The van der Waals surface area contributed by atoms with Crippen molar-refractivity contribution in [3.05, 3.63) is 53.1 Å². The van der Waals surface area contributed by atoms with Crippen LogP contribution in [0.5, 0.6) is 5.75 Å². The Morgan fingerprint density at radius 1 is 1.05 bits per heavy atom. The van der Waals surface area contributed by atoms with Crippen molar-refractivity contribution in [2.75, 3.05) is 14.1 Å². The molecule has 0 spiro atoms. The summed E-state index contributed by atoms with van der Waals surface area (Å²) in [5.74, 6) is 0.173. The van der Waals surface area contributed by atoms with Crippen molar-refractivity contribution < 1.29 is 5.11 Å². The van der Waals surface area contributed by atoms with Crippen LogP contribution in [-0.2, 0) is 6.54 Å². The van der Waals surface area contributed by atoms with Crippen molar-refractivity contribution in [3.8, 4) is 16.9 Å². The van der Waals surface area contributed by atoms with Crippen molar-refractivity contribution in [2.24, 2.45) is 0 Å². The third-order valence-electron chi connectivity index (χ3n) is 2.79. The van der Waals surface area contributed by atoms with Crippen LogP contribution in [0.2, 0.25) is 5.02 Å². The molecule has 0 aliphatic carbocycles. The smallest absolute Gasteiger partial charge is 0.139 e. The van der Waals surface area contributed by atoms with E-state index in [-0.39, 0.29) is 18.2 Å². The molecule has 2 aromatic rings. The molecular weight excluding hydrogens is 281 g/mol. The maximum Gasteiger partial charge on any atom is 0.139 e. The minimum Gasteiger partial charge on any atom is -0.506 e. The molecule has 0 bridgehead atoms. The van der Waals surface area contributed by atoms with Crippen molar-refractivity contribution in [1.29, 1.82) is 0 Å². The van der Waals surface area contributed by atoms with Gasteiger partial charge in [0.25, 0.3) is 0 Å². The summed E-state index contributed by atoms with van der Waals surface area (Å²) in [6.45, 7) is 0.649. The van der Waals surface area contributed by atoms with Crippen LogP contribution in [0.25, 0.3) is 11.1 Å². The summed E-state index contributed by atoms with van der Waals surface area (Å²) >= 11 is 5.99. The Morgan fingerprint density at radius 2 is 1.68 bits per heavy atom. The van der Waals surface area contributed by atoms with Gasteiger partial charge in [0.15, 0.2) is 0 Å². The van der Waals surface area contributed by atoms with Gasteiger partial charge in [0.1, 0.15) is 5.75 Å². The Morgan fingerprint density at radius 3 is 2.26 bits per heavy atom. The second-order valence-corrected chi connectivity index (χ2v) is 4.93. The molecule has 0 fully saturated rings. The van der Waals surface area contributed by atoms with E-state index in [1.807, 2.05) is 55.4 Å².